The Labute approximate surface area is 96.8 Å². The molecule has 0 amide bonds. The molecule has 1 aromatic heterocycles. The zero-order valence-corrected chi connectivity index (χ0v) is 10.2. The lowest BCUT2D eigenvalue weighted by Gasteiger charge is -2.08. The summed E-state index contributed by atoms with van der Waals surface area (Å²) in [6, 6.07) is 0.653. The number of nitrogens with one attached hydrogen (secondary N) is 1. The predicted octanol–water partition coefficient (Wildman–Crippen LogP) is 2.30. The van der Waals surface area contributed by atoms with Crippen molar-refractivity contribution in [3.05, 3.63) is 11.7 Å². The van der Waals surface area contributed by atoms with Crippen molar-refractivity contribution >= 4 is 0 Å². The minimum absolute atomic E-state index is 0.577. The van der Waals surface area contributed by atoms with E-state index in [4.69, 9.17) is 4.52 Å². The minimum Gasteiger partial charge on any atom is -0.338 e. The Morgan fingerprint density at radius 3 is 2.81 bits per heavy atom. The van der Waals surface area contributed by atoms with Crippen LogP contribution < -0.4 is 5.32 Å². The van der Waals surface area contributed by atoms with E-state index in [9.17, 15) is 0 Å². The number of hydrogen-bond donors (Lipinski definition) is 1. The van der Waals surface area contributed by atoms with E-state index in [1.165, 1.54) is 25.7 Å². The summed E-state index contributed by atoms with van der Waals surface area (Å²) in [7, 11) is 0. The molecule has 1 aliphatic carbocycles. The first-order valence-electron chi connectivity index (χ1n) is 6.29. The quantitative estimate of drug-likeness (QED) is 0.832. The third-order valence-corrected chi connectivity index (χ3v) is 3.00. The monoisotopic (exact) mass is 223 g/mol. The standard InChI is InChI=1S/C12H21N3O/c1-9(2)7-11-14-12(16-15-11)8-13-10-5-3-4-6-10/h9-10,13H,3-8H2,1-2H3. The molecular weight excluding hydrogens is 202 g/mol. The van der Waals surface area contributed by atoms with E-state index in [1.807, 2.05) is 0 Å². The van der Waals surface area contributed by atoms with Gasteiger partial charge in [0.25, 0.3) is 0 Å². The zero-order valence-electron chi connectivity index (χ0n) is 10.2. The molecule has 4 nitrogen and oxygen atoms in total. The maximum Gasteiger partial charge on any atom is 0.240 e. The van der Waals surface area contributed by atoms with Crippen molar-refractivity contribution in [1.82, 2.24) is 15.5 Å². The molecule has 1 aromatic rings. The van der Waals surface area contributed by atoms with Crippen LogP contribution in [-0.4, -0.2) is 16.2 Å². The van der Waals surface area contributed by atoms with Crippen LogP contribution in [0.2, 0.25) is 0 Å². The highest BCUT2D eigenvalue weighted by Crippen LogP contribution is 2.17. The second-order valence-electron chi connectivity index (χ2n) is 5.06. The molecule has 0 radical (unpaired) electrons. The third kappa shape index (κ3) is 3.30. The number of aromatic nitrogens is 2. The summed E-state index contributed by atoms with van der Waals surface area (Å²) in [5.74, 6) is 2.13. The lowest BCUT2D eigenvalue weighted by atomic mass is 10.1. The highest BCUT2D eigenvalue weighted by molar-refractivity contribution is 4.88. The Balaban J connectivity index is 1.78. The largest absolute Gasteiger partial charge is 0.338 e. The first kappa shape index (κ1) is 11.6. The van der Waals surface area contributed by atoms with Crippen LogP contribution in [0.1, 0.15) is 51.2 Å². The Bertz CT molecular complexity index is 316. The van der Waals surface area contributed by atoms with Gasteiger partial charge < -0.3 is 9.84 Å². The van der Waals surface area contributed by atoms with Crippen molar-refractivity contribution in [3.8, 4) is 0 Å². The number of hydrogen-bond acceptors (Lipinski definition) is 4. The summed E-state index contributed by atoms with van der Waals surface area (Å²) in [4.78, 5) is 4.37. The maximum atomic E-state index is 5.20. The first-order chi connectivity index (χ1) is 7.74. The lowest BCUT2D eigenvalue weighted by Crippen LogP contribution is -2.25. The average Bonchev–Trinajstić information content (AvgIpc) is 2.84. The van der Waals surface area contributed by atoms with Crippen LogP contribution in [0.3, 0.4) is 0 Å². The van der Waals surface area contributed by atoms with Crippen LogP contribution in [0.5, 0.6) is 0 Å². The summed E-state index contributed by atoms with van der Waals surface area (Å²) < 4.78 is 5.20. The van der Waals surface area contributed by atoms with Gasteiger partial charge in [-0.1, -0.05) is 31.8 Å². The molecule has 4 heteroatoms. The van der Waals surface area contributed by atoms with Crippen LogP contribution in [0, 0.1) is 5.92 Å². The summed E-state index contributed by atoms with van der Waals surface area (Å²) in [6.07, 6.45) is 6.16. The third-order valence-electron chi connectivity index (χ3n) is 3.00. The summed E-state index contributed by atoms with van der Waals surface area (Å²) in [5.41, 5.74) is 0. The fourth-order valence-corrected chi connectivity index (χ4v) is 2.17. The van der Waals surface area contributed by atoms with E-state index >= 15 is 0 Å². The van der Waals surface area contributed by atoms with Gasteiger partial charge in [0, 0.05) is 12.5 Å². The Morgan fingerprint density at radius 1 is 1.38 bits per heavy atom. The smallest absolute Gasteiger partial charge is 0.240 e. The van der Waals surface area contributed by atoms with Gasteiger partial charge in [-0.25, -0.2) is 0 Å². The molecule has 0 aromatic carbocycles. The second-order valence-corrected chi connectivity index (χ2v) is 5.06. The van der Waals surface area contributed by atoms with Gasteiger partial charge in [-0.05, 0) is 18.8 Å². The number of rotatable bonds is 5. The Morgan fingerprint density at radius 2 is 2.12 bits per heavy atom. The van der Waals surface area contributed by atoms with Crippen LogP contribution in [-0.2, 0) is 13.0 Å². The van der Waals surface area contributed by atoms with E-state index in [1.54, 1.807) is 0 Å². The van der Waals surface area contributed by atoms with Gasteiger partial charge in [0.05, 0.1) is 6.54 Å². The van der Waals surface area contributed by atoms with Crippen molar-refractivity contribution in [2.45, 2.75) is 58.5 Å². The van der Waals surface area contributed by atoms with E-state index in [0.717, 1.165) is 24.7 Å². The van der Waals surface area contributed by atoms with Gasteiger partial charge >= 0.3 is 0 Å². The average molecular weight is 223 g/mol. The van der Waals surface area contributed by atoms with Crippen LogP contribution in [0.15, 0.2) is 4.52 Å². The lowest BCUT2D eigenvalue weighted by molar-refractivity contribution is 0.351. The molecule has 0 aliphatic heterocycles. The fourth-order valence-electron chi connectivity index (χ4n) is 2.17. The topological polar surface area (TPSA) is 51.0 Å². The van der Waals surface area contributed by atoms with Crippen LogP contribution in [0.4, 0.5) is 0 Å². The SMILES string of the molecule is CC(C)Cc1noc(CNC2CCCC2)n1. The summed E-state index contributed by atoms with van der Waals surface area (Å²) in [5, 5.41) is 7.44. The molecule has 0 bridgehead atoms. The van der Waals surface area contributed by atoms with E-state index in [2.05, 4.69) is 29.3 Å². The fraction of sp³-hybridized carbons (Fsp3) is 0.833. The molecule has 0 spiro atoms. The van der Waals surface area contributed by atoms with Gasteiger partial charge in [0.1, 0.15) is 0 Å². The molecular formula is C12H21N3O. The Hall–Kier alpha value is -0.900. The normalized spacial score (nSPS) is 17.4. The molecule has 1 fully saturated rings. The van der Waals surface area contributed by atoms with E-state index in [0.29, 0.717) is 12.0 Å². The summed E-state index contributed by atoms with van der Waals surface area (Å²) >= 11 is 0. The molecule has 1 aliphatic rings. The van der Waals surface area contributed by atoms with Gasteiger partial charge in [-0.3, -0.25) is 0 Å². The number of nitrogens with zero attached hydrogens (tertiary/aromatic N) is 2. The van der Waals surface area contributed by atoms with Crippen molar-refractivity contribution < 1.29 is 4.52 Å². The van der Waals surface area contributed by atoms with E-state index < -0.39 is 0 Å². The maximum absolute atomic E-state index is 5.20. The summed E-state index contributed by atoms with van der Waals surface area (Å²) in [6.45, 7) is 5.04. The van der Waals surface area contributed by atoms with Gasteiger partial charge in [0.2, 0.25) is 5.89 Å². The molecule has 0 atom stereocenters. The molecule has 16 heavy (non-hydrogen) atoms. The minimum atomic E-state index is 0.577. The first-order valence-corrected chi connectivity index (χ1v) is 6.29. The Kier molecular flexibility index (Phi) is 3.93. The molecule has 1 saturated carbocycles. The van der Waals surface area contributed by atoms with Crippen LogP contribution >= 0.6 is 0 Å². The molecule has 90 valence electrons. The molecule has 1 N–H and O–H groups in total. The van der Waals surface area contributed by atoms with Gasteiger partial charge in [-0.2, -0.15) is 4.98 Å². The van der Waals surface area contributed by atoms with E-state index in [-0.39, 0.29) is 0 Å². The predicted molar refractivity (Wildman–Crippen MR) is 61.9 cm³/mol. The molecule has 1 heterocycles. The van der Waals surface area contributed by atoms with Crippen molar-refractivity contribution in [2.24, 2.45) is 5.92 Å². The van der Waals surface area contributed by atoms with Gasteiger partial charge in [0.15, 0.2) is 5.82 Å². The van der Waals surface area contributed by atoms with Crippen molar-refractivity contribution in [3.63, 3.8) is 0 Å². The van der Waals surface area contributed by atoms with Crippen molar-refractivity contribution in [2.75, 3.05) is 0 Å². The van der Waals surface area contributed by atoms with Crippen LogP contribution in [0.25, 0.3) is 0 Å². The van der Waals surface area contributed by atoms with Gasteiger partial charge in [-0.15, -0.1) is 0 Å². The molecule has 0 saturated heterocycles. The molecule has 2 rings (SSSR count). The zero-order chi connectivity index (χ0) is 11.4. The highest BCUT2D eigenvalue weighted by Gasteiger charge is 2.15. The van der Waals surface area contributed by atoms with Crippen molar-refractivity contribution in [1.29, 1.82) is 0 Å². The second kappa shape index (κ2) is 5.43. The molecule has 0 unspecified atom stereocenters. The highest BCUT2D eigenvalue weighted by atomic mass is 16.5.